The molecule has 0 saturated carbocycles. The summed E-state index contributed by atoms with van der Waals surface area (Å²) in [6.07, 6.45) is 4.60. The summed E-state index contributed by atoms with van der Waals surface area (Å²) in [5.74, 6) is -2.14. The van der Waals surface area contributed by atoms with Gasteiger partial charge in [0.15, 0.2) is 0 Å². The Labute approximate surface area is 306 Å². The summed E-state index contributed by atoms with van der Waals surface area (Å²) in [6.45, 7) is 4.44. The number of nitrogens with one attached hydrogen (secondary N) is 1. The standard InChI is InChI=1S/C45H48N2O5/c1-31(2)29-47(30-39(21-20-32-12-5-3-6-13-32)44(50)52-40-25-24-35-18-11-19-37(35)28-40)45(51)46-42(43(48)49)41(26-33-14-7-4-8-15-33)38-23-22-34-16-9-10-17-36(34)27-38/h3-10,12-17,22-25,27-28,31,39,41-42H,11,18-21,26,29-30H2,1-2H3,(H,46,51)(H,48,49)/t39-,41?,42-/m0/s1. The maximum absolute atomic E-state index is 14.3. The molecule has 6 rings (SSSR count). The van der Waals surface area contributed by atoms with Crippen molar-refractivity contribution in [3.8, 4) is 5.75 Å². The Bertz CT molecular complexity index is 1980. The van der Waals surface area contributed by atoms with Gasteiger partial charge in [0.05, 0.1) is 5.92 Å². The lowest BCUT2D eigenvalue weighted by molar-refractivity contribution is -0.141. The molecule has 2 amide bonds. The topological polar surface area (TPSA) is 95.9 Å². The smallest absolute Gasteiger partial charge is 0.326 e. The number of carboxylic acids is 1. The first-order valence-corrected chi connectivity index (χ1v) is 18.4. The van der Waals surface area contributed by atoms with Crippen molar-refractivity contribution in [1.82, 2.24) is 10.2 Å². The lowest BCUT2D eigenvalue weighted by atomic mass is 9.85. The number of carbonyl (C=O) groups excluding carboxylic acids is 2. The second kappa shape index (κ2) is 17.2. The summed E-state index contributed by atoms with van der Waals surface area (Å²) in [5.41, 5.74) is 5.38. The van der Waals surface area contributed by atoms with Crippen LogP contribution in [0.25, 0.3) is 10.8 Å². The van der Waals surface area contributed by atoms with E-state index in [1.807, 2.05) is 135 Å². The molecule has 5 aromatic carbocycles. The zero-order chi connectivity index (χ0) is 36.5. The van der Waals surface area contributed by atoms with E-state index in [0.29, 0.717) is 31.6 Å². The predicted molar refractivity (Wildman–Crippen MR) is 206 cm³/mol. The van der Waals surface area contributed by atoms with Crippen LogP contribution in [-0.4, -0.2) is 47.1 Å². The number of carboxylic acid groups (broad SMARTS) is 1. The predicted octanol–water partition coefficient (Wildman–Crippen LogP) is 8.63. The third-order valence-electron chi connectivity index (χ3n) is 10.0. The minimum Gasteiger partial charge on any atom is -0.480 e. The number of esters is 1. The molecule has 3 atom stereocenters. The van der Waals surface area contributed by atoms with Crippen LogP contribution in [0.4, 0.5) is 4.79 Å². The van der Waals surface area contributed by atoms with E-state index in [1.54, 1.807) is 4.90 Å². The molecule has 0 aliphatic heterocycles. The van der Waals surface area contributed by atoms with E-state index >= 15 is 0 Å². The zero-order valence-electron chi connectivity index (χ0n) is 30.0. The van der Waals surface area contributed by atoms with E-state index in [1.165, 1.54) is 11.1 Å². The lowest BCUT2D eigenvalue weighted by Crippen LogP contribution is -2.53. The fourth-order valence-corrected chi connectivity index (χ4v) is 7.32. The van der Waals surface area contributed by atoms with E-state index in [4.69, 9.17) is 4.74 Å². The second-order valence-electron chi connectivity index (χ2n) is 14.4. The SMILES string of the molecule is CC(C)CN(C[C@H](CCc1ccccc1)C(=O)Oc1ccc2c(c1)CCC2)C(=O)N[C@H](C(=O)O)C(Cc1ccccc1)c1ccc2ccccc2c1. The molecule has 7 nitrogen and oxygen atoms in total. The van der Waals surface area contributed by atoms with Gasteiger partial charge < -0.3 is 20.1 Å². The minimum atomic E-state index is -1.23. The Morgan fingerprint density at radius 3 is 2.13 bits per heavy atom. The Balaban J connectivity index is 1.27. The summed E-state index contributed by atoms with van der Waals surface area (Å²) < 4.78 is 6.00. The first kappa shape index (κ1) is 36.4. The molecule has 0 aromatic heterocycles. The van der Waals surface area contributed by atoms with Crippen LogP contribution in [-0.2, 0) is 35.3 Å². The van der Waals surface area contributed by atoms with Crippen LogP contribution >= 0.6 is 0 Å². The quantitative estimate of drug-likeness (QED) is 0.0844. The van der Waals surface area contributed by atoms with Crippen molar-refractivity contribution >= 4 is 28.7 Å². The number of aryl methyl sites for hydroxylation is 3. The molecule has 1 aliphatic rings. The average molecular weight is 697 g/mol. The normalized spacial score (nSPS) is 14.0. The van der Waals surface area contributed by atoms with Crippen molar-refractivity contribution in [2.45, 2.75) is 64.3 Å². The molecule has 0 fully saturated rings. The van der Waals surface area contributed by atoms with Crippen molar-refractivity contribution in [2.75, 3.05) is 13.1 Å². The monoisotopic (exact) mass is 696 g/mol. The molecule has 5 aromatic rings. The van der Waals surface area contributed by atoms with Crippen LogP contribution in [0.3, 0.4) is 0 Å². The number of fused-ring (bicyclic) bond motifs is 2. The summed E-state index contributed by atoms with van der Waals surface area (Å²) in [5, 5.41) is 15.7. The maximum atomic E-state index is 14.3. The zero-order valence-corrected chi connectivity index (χ0v) is 30.0. The van der Waals surface area contributed by atoms with Gasteiger partial charge in [0.1, 0.15) is 11.8 Å². The van der Waals surface area contributed by atoms with Crippen molar-refractivity contribution in [2.24, 2.45) is 11.8 Å². The summed E-state index contributed by atoms with van der Waals surface area (Å²) in [4.78, 5) is 43.0. The highest BCUT2D eigenvalue weighted by Gasteiger charge is 2.34. The van der Waals surface area contributed by atoms with Crippen molar-refractivity contribution < 1.29 is 24.2 Å². The highest BCUT2D eigenvalue weighted by molar-refractivity contribution is 5.86. The van der Waals surface area contributed by atoms with Gasteiger partial charge in [-0.1, -0.05) is 123 Å². The van der Waals surface area contributed by atoms with Crippen LogP contribution < -0.4 is 10.1 Å². The van der Waals surface area contributed by atoms with E-state index < -0.39 is 35.8 Å². The number of rotatable bonds is 15. The molecule has 7 heteroatoms. The third kappa shape index (κ3) is 9.46. The van der Waals surface area contributed by atoms with Gasteiger partial charge in [0.25, 0.3) is 0 Å². The molecule has 268 valence electrons. The molecule has 0 saturated heterocycles. The molecule has 0 heterocycles. The number of aliphatic carboxylic acids is 1. The number of amides is 2. The van der Waals surface area contributed by atoms with Crippen LogP contribution in [0.15, 0.2) is 121 Å². The lowest BCUT2D eigenvalue weighted by Gasteiger charge is -2.32. The minimum absolute atomic E-state index is 0.0668. The van der Waals surface area contributed by atoms with Gasteiger partial charge in [-0.2, -0.15) is 0 Å². The van der Waals surface area contributed by atoms with Gasteiger partial charge in [-0.05, 0) is 95.2 Å². The highest BCUT2D eigenvalue weighted by atomic mass is 16.5. The fourth-order valence-electron chi connectivity index (χ4n) is 7.32. The van der Waals surface area contributed by atoms with Crippen LogP contribution in [0, 0.1) is 11.8 Å². The summed E-state index contributed by atoms with van der Waals surface area (Å²) in [7, 11) is 0. The first-order chi connectivity index (χ1) is 25.2. The van der Waals surface area contributed by atoms with E-state index in [0.717, 1.165) is 46.7 Å². The number of ether oxygens (including phenoxy) is 1. The summed E-state index contributed by atoms with van der Waals surface area (Å²) >= 11 is 0. The average Bonchev–Trinajstić information content (AvgIpc) is 3.62. The number of carbonyl (C=O) groups is 3. The van der Waals surface area contributed by atoms with E-state index in [2.05, 4.69) is 5.32 Å². The Hall–Kier alpha value is -5.43. The van der Waals surface area contributed by atoms with Crippen LogP contribution in [0.2, 0.25) is 0 Å². The largest absolute Gasteiger partial charge is 0.480 e. The van der Waals surface area contributed by atoms with Gasteiger partial charge in [-0.25, -0.2) is 9.59 Å². The number of benzene rings is 5. The molecular formula is C45H48N2O5. The number of hydrogen-bond acceptors (Lipinski definition) is 4. The Kier molecular flexibility index (Phi) is 12.0. The summed E-state index contributed by atoms with van der Waals surface area (Å²) in [6, 6.07) is 37.7. The molecule has 52 heavy (non-hydrogen) atoms. The molecular weight excluding hydrogens is 649 g/mol. The van der Waals surface area contributed by atoms with E-state index in [9.17, 15) is 19.5 Å². The Morgan fingerprint density at radius 1 is 0.750 bits per heavy atom. The molecule has 2 N–H and O–H groups in total. The van der Waals surface area contributed by atoms with Crippen LogP contribution in [0.5, 0.6) is 5.75 Å². The number of nitrogens with zero attached hydrogens (tertiary/aromatic N) is 1. The fraction of sp³-hybridized carbons (Fsp3) is 0.311. The molecule has 0 spiro atoms. The number of urea groups is 1. The van der Waals surface area contributed by atoms with Crippen molar-refractivity contribution in [3.05, 3.63) is 149 Å². The van der Waals surface area contributed by atoms with Gasteiger partial charge in [0.2, 0.25) is 0 Å². The highest BCUT2D eigenvalue weighted by Crippen LogP contribution is 2.30. The van der Waals surface area contributed by atoms with Gasteiger partial charge in [-0.15, -0.1) is 0 Å². The van der Waals surface area contributed by atoms with Gasteiger partial charge in [-0.3, -0.25) is 4.79 Å². The third-order valence-corrected chi connectivity index (χ3v) is 10.0. The Morgan fingerprint density at radius 2 is 1.42 bits per heavy atom. The molecule has 0 radical (unpaired) electrons. The van der Waals surface area contributed by atoms with Gasteiger partial charge >= 0.3 is 18.0 Å². The van der Waals surface area contributed by atoms with Gasteiger partial charge in [0, 0.05) is 19.0 Å². The second-order valence-corrected chi connectivity index (χ2v) is 14.4. The van der Waals surface area contributed by atoms with Crippen LogP contribution in [0.1, 0.15) is 60.4 Å². The first-order valence-electron chi connectivity index (χ1n) is 18.4. The van der Waals surface area contributed by atoms with Crippen molar-refractivity contribution in [1.29, 1.82) is 0 Å². The molecule has 1 unspecified atom stereocenters. The molecule has 0 bridgehead atoms. The van der Waals surface area contributed by atoms with Crippen molar-refractivity contribution in [3.63, 3.8) is 0 Å². The van der Waals surface area contributed by atoms with E-state index in [-0.39, 0.29) is 12.5 Å². The maximum Gasteiger partial charge on any atom is 0.326 e. The molecule has 1 aliphatic carbocycles. The number of hydrogen-bond donors (Lipinski definition) is 2.